The lowest BCUT2D eigenvalue weighted by Gasteiger charge is -2.17. The van der Waals surface area contributed by atoms with E-state index >= 15 is 0 Å². The van der Waals surface area contributed by atoms with Crippen molar-refractivity contribution in [3.05, 3.63) is 60.2 Å². The summed E-state index contributed by atoms with van der Waals surface area (Å²) in [6.45, 7) is 3.14. The first-order valence-electron chi connectivity index (χ1n) is 9.15. The maximum absolute atomic E-state index is 12.6. The number of rotatable bonds is 7. The number of amides is 1. The average molecular weight is 388 g/mol. The Morgan fingerprint density at radius 3 is 2.48 bits per heavy atom. The molecular formula is C20H25N3O3S. The third-order valence-corrected chi connectivity index (χ3v) is 6.56. The highest BCUT2D eigenvalue weighted by atomic mass is 32.2. The van der Waals surface area contributed by atoms with Gasteiger partial charge in [0.2, 0.25) is 15.9 Å². The zero-order valence-electron chi connectivity index (χ0n) is 15.4. The molecule has 2 N–H and O–H groups in total. The van der Waals surface area contributed by atoms with E-state index in [0.717, 1.165) is 18.4 Å². The number of hydrogen-bond acceptors (Lipinski definition) is 4. The summed E-state index contributed by atoms with van der Waals surface area (Å²) < 4.78 is 26.8. The highest BCUT2D eigenvalue weighted by molar-refractivity contribution is 7.89. The Hall–Kier alpha value is -2.38. The molecule has 7 heteroatoms. The second kappa shape index (κ2) is 8.54. The Balaban J connectivity index is 1.59. The summed E-state index contributed by atoms with van der Waals surface area (Å²) in [5, 5.41) is 5.94. The van der Waals surface area contributed by atoms with Gasteiger partial charge in [-0.05, 0) is 43.5 Å². The molecule has 0 aromatic heterocycles. The lowest BCUT2D eigenvalue weighted by Crippen LogP contribution is -2.32. The van der Waals surface area contributed by atoms with Crippen LogP contribution in [0.3, 0.4) is 0 Å². The first-order chi connectivity index (χ1) is 13.0. The molecule has 0 radical (unpaired) electrons. The third kappa shape index (κ3) is 4.87. The molecule has 2 aromatic carbocycles. The predicted molar refractivity (Wildman–Crippen MR) is 106 cm³/mol. The first-order valence-corrected chi connectivity index (χ1v) is 10.6. The molecule has 1 aliphatic heterocycles. The number of benzene rings is 2. The van der Waals surface area contributed by atoms with Gasteiger partial charge in [0.05, 0.1) is 17.5 Å². The van der Waals surface area contributed by atoms with Gasteiger partial charge in [0.25, 0.3) is 0 Å². The van der Waals surface area contributed by atoms with Crippen LogP contribution in [0.15, 0.2) is 59.5 Å². The molecule has 1 aliphatic rings. The minimum Gasteiger partial charge on any atom is -0.376 e. The maximum Gasteiger partial charge on any atom is 0.243 e. The fraction of sp³-hybridized carbons (Fsp3) is 0.350. The van der Waals surface area contributed by atoms with Crippen LogP contribution in [0.25, 0.3) is 0 Å². The molecule has 144 valence electrons. The van der Waals surface area contributed by atoms with Crippen LogP contribution < -0.4 is 10.6 Å². The minimum atomic E-state index is -3.46. The largest absolute Gasteiger partial charge is 0.376 e. The minimum absolute atomic E-state index is 0.0738. The molecule has 1 fully saturated rings. The molecule has 0 saturated carbocycles. The van der Waals surface area contributed by atoms with Gasteiger partial charge >= 0.3 is 0 Å². The average Bonchev–Trinajstić information content (AvgIpc) is 3.23. The summed E-state index contributed by atoms with van der Waals surface area (Å²) in [6.07, 6.45) is 1.80. The van der Waals surface area contributed by atoms with Crippen molar-refractivity contribution in [2.24, 2.45) is 0 Å². The lowest BCUT2D eigenvalue weighted by atomic mass is 10.1. The van der Waals surface area contributed by atoms with Crippen LogP contribution in [0.4, 0.5) is 5.69 Å². The zero-order valence-corrected chi connectivity index (χ0v) is 16.2. The van der Waals surface area contributed by atoms with E-state index in [0.29, 0.717) is 18.8 Å². The van der Waals surface area contributed by atoms with E-state index in [1.165, 1.54) is 4.31 Å². The third-order valence-electron chi connectivity index (χ3n) is 4.67. The number of hydrogen-bond donors (Lipinski definition) is 2. The molecule has 0 spiro atoms. The summed E-state index contributed by atoms with van der Waals surface area (Å²) in [7, 11) is -3.46. The molecule has 1 saturated heterocycles. The van der Waals surface area contributed by atoms with Crippen molar-refractivity contribution in [3.63, 3.8) is 0 Å². The highest BCUT2D eigenvalue weighted by Crippen LogP contribution is 2.23. The predicted octanol–water partition coefficient (Wildman–Crippen LogP) is 2.76. The Morgan fingerprint density at radius 1 is 1.07 bits per heavy atom. The van der Waals surface area contributed by atoms with Crippen molar-refractivity contribution < 1.29 is 13.2 Å². The van der Waals surface area contributed by atoms with E-state index in [1.807, 2.05) is 37.3 Å². The zero-order chi connectivity index (χ0) is 19.3. The molecule has 0 bridgehead atoms. The topological polar surface area (TPSA) is 78.5 Å². The number of carbonyl (C=O) groups excluding carboxylic acids is 1. The molecule has 1 atom stereocenters. The molecule has 0 unspecified atom stereocenters. The smallest absolute Gasteiger partial charge is 0.243 e. The van der Waals surface area contributed by atoms with Crippen LogP contribution in [0.5, 0.6) is 0 Å². The number of nitrogens with one attached hydrogen (secondary N) is 2. The number of nitrogens with zero attached hydrogens (tertiary/aromatic N) is 1. The molecule has 1 heterocycles. The Labute approximate surface area is 160 Å². The Morgan fingerprint density at radius 2 is 1.78 bits per heavy atom. The highest BCUT2D eigenvalue weighted by Gasteiger charge is 2.27. The van der Waals surface area contributed by atoms with Gasteiger partial charge < -0.3 is 10.6 Å². The molecular weight excluding hydrogens is 362 g/mol. The summed E-state index contributed by atoms with van der Waals surface area (Å²) in [6, 6.07) is 16.3. The fourth-order valence-corrected chi connectivity index (χ4v) is 4.71. The fourth-order valence-electron chi connectivity index (χ4n) is 3.14. The van der Waals surface area contributed by atoms with E-state index in [1.54, 1.807) is 24.3 Å². The second-order valence-corrected chi connectivity index (χ2v) is 8.63. The van der Waals surface area contributed by atoms with Crippen LogP contribution in [0, 0.1) is 0 Å². The summed E-state index contributed by atoms with van der Waals surface area (Å²) in [5.74, 6) is -0.154. The monoisotopic (exact) mass is 387 g/mol. The van der Waals surface area contributed by atoms with Crippen molar-refractivity contribution in [3.8, 4) is 0 Å². The van der Waals surface area contributed by atoms with Crippen LogP contribution in [-0.4, -0.2) is 38.3 Å². The van der Waals surface area contributed by atoms with Crippen LogP contribution in [-0.2, 0) is 14.8 Å². The van der Waals surface area contributed by atoms with E-state index in [-0.39, 0.29) is 23.4 Å². The number of carbonyl (C=O) groups is 1. The quantitative estimate of drug-likeness (QED) is 0.766. The van der Waals surface area contributed by atoms with Gasteiger partial charge in [0, 0.05) is 18.8 Å². The maximum atomic E-state index is 12.6. The standard InChI is InChI=1S/C20H25N3O3S/c1-16(17-8-3-2-4-9-17)22-20(24)15-21-18-10-7-11-19(14-18)27(25,26)23-12-5-6-13-23/h2-4,7-11,14,16,21H,5-6,12-13,15H2,1H3,(H,22,24)/t16-/m0/s1. The van der Waals surface area contributed by atoms with Gasteiger partial charge in [-0.25, -0.2) is 8.42 Å². The van der Waals surface area contributed by atoms with Crippen molar-refractivity contribution in [1.29, 1.82) is 0 Å². The summed E-state index contributed by atoms with van der Waals surface area (Å²) >= 11 is 0. The molecule has 2 aromatic rings. The van der Waals surface area contributed by atoms with Gasteiger partial charge in [-0.1, -0.05) is 36.4 Å². The number of sulfonamides is 1. The van der Waals surface area contributed by atoms with E-state index < -0.39 is 10.0 Å². The van der Waals surface area contributed by atoms with Gasteiger partial charge in [-0.2, -0.15) is 4.31 Å². The van der Waals surface area contributed by atoms with Crippen molar-refractivity contribution in [2.45, 2.75) is 30.7 Å². The van der Waals surface area contributed by atoms with Gasteiger partial charge in [-0.15, -0.1) is 0 Å². The molecule has 1 amide bonds. The SMILES string of the molecule is C[C@H](NC(=O)CNc1cccc(S(=O)(=O)N2CCCC2)c1)c1ccccc1. The van der Waals surface area contributed by atoms with E-state index in [4.69, 9.17) is 0 Å². The van der Waals surface area contributed by atoms with E-state index in [9.17, 15) is 13.2 Å². The molecule has 6 nitrogen and oxygen atoms in total. The van der Waals surface area contributed by atoms with E-state index in [2.05, 4.69) is 10.6 Å². The van der Waals surface area contributed by atoms with Gasteiger partial charge in [-0.3, -0.25) is 4.79 Å². The van der Waals surface area contributed by atoms with Crippen LogP contribution in [0.2, 0.25) is 0 Å². The normalized spacial score (nSPS) is 16.0. The van der Waals surface area contributed by atoms with Crippen molar-refractivity contribution in [1.82, 2.24) is 9.62 Å². The Bertz CT molecular complexity index is 878. The summed E-state index contributed by atoms with van der Waals surface area (Å²) in [5.41, 5.74) is 1.64. The molecule has 3 rings (SSSR count). The Kier molecular flexibility index (Phi) is 6.13. The molecule has 0 aliphatic carbocycles. The van der Waals surface area contributed by atoms with Gasteiger partial charge in [0.15, 0.2) is 0 Å². The number of anilines is 1. The second-order valence-electron chi connectivity index (χ2n) is 6.69. The first kappa shape index (κ1) is 19.4. The molecule has 27 heavy (non-hydrogen) atoms. The van der Waals surface area contributed by atoms with Crippen LogP contribution >= 0.6 is 0 Å². The summed E-state index contributed by atoms with van der Waals surface area (Å²) in [4.78, 5) is 12.4. The van der Waals surface area contributed by atoms with Crippen LogP contribution in [0.1, 0.15) is 31.4 Å². The van der Waals surface area contributed by atoms with Crippen molar-refractivity contribution >= 4 is 21.6 Å². The van der Waals surface area contributed by atoms with Gasteiger partial charge in [0.1, 0.15) is 0 Å². The van der Waals surface area contributed by atoms with Crippen molar-refractivity contribution in [2.75, 3.05) is 25.0 Å². The lowest BCUT2D eigenvalue weighted by molar-refractivity contribution is -0.120.